The summed E-state index contributed by atoms with van der Waals surface area (Å²) in [7, 11) is 0. The maximum Gasteiger partial charge on any atom is 0.417 e. The Bertz CT molecular complexity index is 1220. The third kappa shape index (κ3) is 4.46. The number of carbonyl (C=O) groups is 1. The van der Waals surface area contributed by atoms with Gasteiger partial charge >= 0.3 is 6.18 Å². The van der Waals surface area contributed by atoms with E-state index >= 15 is 0 Å². The highest BCUT2D eigenvalue weighted by molar-refractivity contribution is 7.81. The minimum absolute atomic E-state index is 0.0288. The minimum atomic E-state index is -4.76. The molecule has 1 fully saturated rings. The standard InChI is InChI=1S/C25H24F3N3O3S/c1-24(2)22(33)30(17-7-5-16(14-29)20(13-17)25(26,27)28)23(35)31(24)18-8-10-21-15(12-18)6-9-19(34-21)4-3-11-32/h5,7-8,10,12-13,19,32H,3-4,6,9,11H2,1-2H3/t19-/m1/s1. The molecule has 4 rings (SSSR count). The molecule has 2 aromatic carbocycles. The zero-order valence-corrected chi connectivity index (χ0v) is 20.0. The first-order valence-electron chi connectivity index (χ1n) is 11.2. The number of aliphatic hydroxyl groups is 1. The van der Waals surface area contributed by atoms with E-state index in [-0.39, 0.29) is 23.5 Å². The largest absolute Gasteiger partial charge is 0.490 e. The number of hydrogen-bond donors (Lipinski definition) is 1. The van der Waals surface area contributed by atoms with E-state index < -0.39 is 28.7 Å². The summed E-state index contributed by atoms with van der Waals surface area (Å²) in [4.78, 5) is 16.1. The number of halogens is 3. The molecular weight excluding hydrogens is 479 g/mol. The number of aryl methyl sites for hydroxylation is 1. The monoisotopic (exact) mass is 503 g/mol. The van der Waals surface area contributed by atoms with Gasteiger partial charge in [0.15, 0.2) is 5.11 Å². The van der Waals surface area contributed by atoms with E-state index in [0.717, 1.165) is 47.6 Å². The van der Waals surface area contributed by atoms with Crippen LogP contribution in [-0.2, 0) is 17.4 Å². The topological polar surface area (TPSA) is 76.8 Å². The van der Waals surface area contributed by atoms with Crippen molar-refractivity contribution < 1.29 is 27.8 Å². The van der Waals surface area contributed by atoms with Gasteiger partial charge in [-0.1, -0.05) is 0 Å². The molecule has 2 aliphatic heterocycles. The summed E-state index contributed by atoms with van der Waals surface area (Å²) in [5.74, 6) is 0.259. The highest BCUT2D eigenvalue weighted by Crippen LogP contribution is 2.41. The van der Waals surface area contributed by atoms with Gasteiger partial charge in [0.2, 0.25) is 0 Å². The number of fused-ring (bicyclic) bond motifs is 1. The van der Waals surface area contributed by atoms with Crippen molar-refractivity contribution in [2.24, 2.45) is 0 Å². The second-order valence-electron chi connectivity index (χ2n) is 9.09. The van der Waals surface area contributed by atoms with Gasteiger partial charge in [-0.05, 0) is 93.7 Å². The predicted octanol–water partition coefficient (Wildman–Crippen LogP) is 4.96. The van der Waals surface area contributed by atoms with Crippen LogP contribution in [0.15, 0.2) is 36.4 Å². The molecule has 2 aliphatic rings. The van der Waals surface area contributed by atoms with E-state index in [1.807, 2.05) is 12.1 Å². The van der Waals surface area contributed by atoms with Gasteiger partial charge in [-0.15, -0.1) is 0 Å². The van der Waals surface area contributed by atoms with Crippen LogP contribution in [0, 0.1) is 11.3 Å². The number of rotatable bonds is 5. The number of nitriles is 1. The van der Waals surface area contributed by atoms with E-state index in [2.05, 4.69) is 0 Å². The van der Waals surface area contributed by atoms with Crippen LogP contribution in [0.1, 0.15) is 49.8 Å². The van der Waals surface area contributed by atoms with Gasteiger partial charge in [0.1, 0.15) is 11.3 Å². The van der Waals surface area contributed by atoms with Gasteiger partial charge in [0.05, 0.1) is 29.0 Å². The lowest BCUT2D eigenvalue weighted by Gasteiger charge is -2.32. The molecule has 184 valence electrons. The number of hydrogen-bond acceptors (Lipinski definition) is 5. The Kier molecular flexibility index (Phi) is 6.51. The lowest BCUT2D eigenvalue weighted by molar-refractivity contribution is -0.137. The smallest absolute Gasteiger partial charge is 0.417 e. The van der Waals surface area contributed by atoms with E-state index in [1.54, 1.807) is 30.9 Å². The number of benzene rings is 2. The molecule has 0 saturated carbocycles. The van der Waals surface area contributed by atoms with Crippen molar-refractivity contribution >= 4 is 34.6 Å². The van der Waals surface area contributed by atoms with Crippen LogP contribution < -0.4 is 14.5 Å². The normalized spacial score (nSPS) is 19.4. The van der Waals surface area contributed by atoms with Gasteiger partial charge in [-0.25, -0.2) is 0 Å². The van der Waals surface area contributed by atoms with Crippen molar-refractivity contribution in [2.45, 2.75) is 57.3 Å². The maximum absolute atomic E-state index is 13.5. The average molecular weight is 504 g/mol. The third-order valence-corrected chi connectivity index (χ3v) is 6.74. The van der Waals surface area contributed by atoms with E-state index in [1.165, 1.54) is 6.07 Å². The third-order valence-electron chi connectivity index (χ3n) is 6.37. The predicted molar refractivity (Wildman–Crippen MR) is 128 cm³/mol. The molecule has 1 amide bonds. The number of ether oxygens (including phenoxy) is 1. The summed E-state index contributed by atoms with van der Waals surface area (Å²) in [6.45, 7) is 3.44. The van der Waals surface area contributed by atoms with Crippen LogP contribution in [0.3, 0.4) is 0 Å². The number of thiocarbonyl (C=S) groups is 1. The van der Waals surface area contributed by atoms with Gasteiger partial charge < -0.3 is 14.7 Å². The van der Waals surface area contributed by atoms with Crippen molar-refractivity contribution in [1.82, 2.24) is 0 Å². The molecule has 1 atom stereocenters. The molecule has 0 spiro atoms. The molecule has 0 bridgehead atoms. The van der Waals surface area contributed by atoms with Crippen LogP contribution in [-0.4, -0.2) is 34.4 Å². The quantitative estimate of drug-likeness (QED) is 0.582. The van der Waals surface area contributed by atoms with Crippen molar-refractivity contribution in [2.75, 3.05) is 16.4 Å². The molecule has 0 aliphatic carbocycles. The molecule has 0 unspecified atom stereocenters. The molecular formula is C25H24F3N3O3S. The zero-order chi connectivity index (χ0) is 25.5. The van der Waals surface area contributed by atoms with Crippen molar-refractivity contribution in [3.8, 4) is 11.8 Å². The molecule has 0 aromatic heterocycles. The van der Waals surface area contributed by atoms with Crippen molar-refractivity contribution in [3.63, 3.8) is 0 Å². The van der Waals surface area contributed by atoms with E-state index in [9.17, 15) is 18.0 Å². The number of alkyl halides is 3. The van der Waals surface area contributed by atoms with Gasteiger partial charge in [-0.3, -0.25) is 9.69 Å². The highest BCUT2D eigenvalue weighted by atomic mass is 32.1. The van der Waals surface area contributed by atoms with Crippen molar-refractivity contribution in [3.05, 3.63) is 53.1 Å². The molecule has 10 heteroatoms. The van der Waals surface area contributed by atoms with Crippen LogP contribution in [0.25, 0.3) is 0 Å². The zero-order valence-electron chi connectivity index (χ0n) is 19.2. The fourth-order valence-electron chi connectivity index (χ4n) is 4.55. The van der Waals surface area contributed by atoms with E-state index in [0.29, 0.717) is 12.1 Å². The SMILES string of the molecule is CC1(C)C(=O)N(c2ccc(C#N)c(C(F)(F)F)c2)C(=S)N1c1ccc2c(c1)CC[C@@H](CCCO)O2. The summed E-state index contributed by atoms with van der Waals surface area (Å²) in [5.41, 5.74) is -1.26. The molecule has 2 heterocycles. The maximum atomic E-state index is 13.5. The van der Waals surface area contributed by atoms with Gasteiger partial charge in [0.25, 0.3) is 5.91 Å². The number of aliphatic hydroxyl groups excluding tert-OH is 1. The molecule has 1 N–H and O–H groups in total. The van der Waals surface area contributed by atoms with Gasteiger partial charge in [-0.2, -0.15) is 18.4 Å². The second kappa shape index (κ2) is 9.13. The lowest BCUT2D eigenvalue weighted by Crippen LogP contribution is -2.44. The molecule has 2 aromatic rings. The number of amides is 1. The molecule has 6 nitrogen and oxygen atoms in total. The second-order valence-corrected chi connectivity index (χ2v) is 9.46. The van der Waals surface area contributed by atoms with Crippen LogP contribution in [0.4, 0.5) is 24.5 Å². The van der Waals surface area contributed by atoms with E-state index in [4.69, 9.17) is 27.3 Å². The Morgan fingerprint density at radius 2 is 1.94 bits per heavy atom. The minimum Gasteiger partial charge on any atom is -0.490 e. The number of carbonyl (C=O) groups excluding carboxylic acids is 1. The summed E-state index contributed by atoms with van der Waals surface area (Å²) >= 11 is 5.60. The fourth-order valence-corrected chi connectivity index (χ4v) is 5.07. The number of anilines is 2. The Morgan fingerprint density at radius 1 is 1.23 bits per heavy atom. The summed E-state index contributed by atoms with van der Waals surface area (Å²) in [6.07, 6.45) is -1.76. The number of nitrogens with zero attached hydrogens (tertiary/aromatic N) is 3. The van der Waals surface area contributed by atoms with Crippen LogP contribution in [0.2, 0.25) is 0 Å². The first-order chi connectivity index (χ1) is 16.5. The highest BCUT2D eigenvalue weighted by Gasteiger charge is 2.51. The van der Waals surface area contributed by atoms with Crippen LogP contribution >= 0.6 is 12.2 Å². The Labute approximate surface area is 206 Å². The first-order valence-corrected chi connectivity index (χ1v) is 11.6. The average Bonchev–Trinajstić information content (AvgIpc) is 2.99. The lowest BCUT2D eigenvalue weighted by atomic mass is 9.97. The molecule has 0 radical (unpaired) electrons. The molecule has 35 heavy (non-hydrogen) atoms. The fraction of sp³-hybridized carbons (Fsp3) is 0.400. The van der Waals surface area contributed by atoms with Gasteiger partial charge in [0, 0.05) is 12.3 Å². The summed E-state index contributed by atoms with van der Waals surface area (Å²) < 4.78 is 46.6. The molecule has 1 saturated heterocycles. The summed E-state index contributed by atoms with van der Waals surface area (Å²) in [6, 6.07) is 10.2. The Balaban J connectivity index is 1.68. The Morgan fingerprint density at radius 3 is 2.60 bits per heavy atom. The summed E-state index contributed by atoms with van der Waals surface area (Å²) in [5, 5.41) is 18.2. The Hall–Kier alpha value is -3.16. The van der Waals surface area contributed by atoms with Crippen LogP contribution in [0.5, 0.6) is 5.75 Å². The van der Waals surface area contributed by atoms with Crippen molar-refractivity contribution in [1.29, 1.82) is 5.26 Å². The first kappa shape index (κ1) is 24.9.